The maximum absolute atomic E-state index is 13.3. The highest BCUT2D eigenvalue weighted by atomic mass is 32.2. The second-order valence-electron chi connectivity index (χ2n) is 8.45. The molecule has 1 aliphatic heterocycles. The molecule has 1 heterocycles. The highest BCUT2D eigenvalue weighted by molar-refractivity contribution is 7.89. The van der Waals surface area contributed by atoms with E-state index in [-0.39, 0.29) is 29.6 Å². The van der Waals surface area contributed by atoms with Gasteiger partial charge in [-0.1, -0.05) is 17.7 Å². The molecule has 36 heavy (non-hydrogen) atoms. The fourth-order valence-corrected chi connectivity index (χ4v) is 5.29. The minimum atomic E-state index is -3.77. The van der Waals surface area contributed by atoms with Gasteiger partial charge < -0.3 is 19.5 Å². The topological polar surface area (TPSA) is 94.2 Å². The number of carbonyl (C=O) groups excluding carboxylic acids is 1. The number of rotatable bonds is 8. The Hall–Kier alpha value is -3.40. The van der Waals surface area contributed by atoms with Crippen LogP contribution >= 0.6 is 0 Å². The van der Waals surface area contributed by atoms with Gasteiger partial charge in [-0.2, -0.15) is 4.31 Å². The molecular weight excluding hydrogens is 480 g/mol. The molecule has 1 saturated heterocycles. The molecule has 1 fully saturated rings. The number of nitrogens with zero attached hydrogens (tertiary/aromatic N) is 1. The summed E-state index contributed by atoms with van der Waals surface area (Å²) in [6, 6.07) is 17.2. The summed E-state index contributed by atoms with van der Waals surface area (Å²) in [5.74, 6) is 1.19. The van der Waals surface area contributed by atoms with Gasteiger partial charge in [-0.05, 0) is 74.9 Å². The van der Waals surface area contributed by atoms with Crippen LogP contribution in [0.25, 0.3) is 0 Å². The van der Waals surface area contributed by atoms with Crippen LogP contribution in [-0.2, 0) is 14.8 Å². The molecule has 0 spiro atoms. The van der Waals surface area contributed by atoms with Crippen molar-refractivity contribution in [3.8, 4) is 17.2 Å². The molecule has 1 N–H and O–H groups in total. The number of sulfonamides is 1. The van der Waals surface area contributed by atoms with Gasteiger partial charge in [0.2, 0.25) is 10.0 Å². The van der Waals surface area contributed by atoms with E-state index < -0.39 is 10.0 Å². The Morgan fingerprint density at radius 2 is 1.67 bits per heavy atom. The van der Waals surface area contributed by atoms with Crippen LogP contribution in [0.2, 0.25) is 0 Å². The van der Waals surface area contributed by atoms with Crippen molar-refractivity contribution in [3.63, 3.8) is 0 Å². The summed E-state index contributed by atoms with van der Waals surface area (Å²) >= 11 is 0. The lowest BCUT2D eigenvalue weighted by Crippen LogP contribution is -2.40. The largest absolute Gasteiger partial charge is 0.494 e. The summed E-state index contributed by atoms with van der Waals surface area (Å²) in [7, 11) is -3.77. The third-order valence-electron chi connectivity index (χ3n) is 5.81. The Morgan fingerprint density at radius 3 is 2.36 bits per heavy atom. The zero-order chi connectivity index (χ0) is 25.7. The number of benzene rings is 3. The van der Waals surface area contributed by atoms with Gasteiger partial charge in [-0.15, -0.1) is 0 Å². The monoisotopic (exact) mass is 510 g/mol. The molecule has 1 amide bonds. The molecule has 0 aromatic heterocycles. The molecule has 0 atom stereocenters. The van der Waals surface area contributed by atoms with Gasteiger partial charge in [0.1, 0.15) is 11.5 Å². The SMILES string of the molecule is CCOc1ccc(Oc2ccc(S(=O)(=O)N3CCOCC3)cc2NC(=O)c2cc(C)ccc2C)cc1. The van der Waals surface area contributed by atoms with Gasteiger partial charge in [0, 0.05) is 18.7 Å². The van der Waals surface area contributed by atoms with Crippen molar-refractivity contribution in [1.29, 1.82) is 0 Å². The quantitative estimate of drug-likeness (QED) is 0.469. The van der Waals surface area contributed by atoms with Crippen LogP contribution in [0.3, 0.4) is 0 Å². The van der Waals surface area contributed by atoms with Gasteiger partial charge in [0.15, 0.2) is 5.75 Å². The van der Waals surface area contributed by atoms with Crippen molar-refractivity contribution in [2.45, 2.75) is 25.7 Å². The first-order chi connectivity index (χ1) is 17.3. The van der Waals surface area contributed by atoms with E-state index in [1.54, 1.807) is 36.4 Å². The molecule has 8 nitrogen and oxygen atoms in total. The second kappa shape index (κ2) is 11.1. The van der Waals surface area contributed by atoms with Crippen molar-refractivity contribution in [2.75, 3.05) is 38.2 Å². The predicted octanol–water partition coefficient (Wildman–Crippen LogP) is 4.77. The van der Waals surface area contributed by atoms with E-state index >= 15 is 0 Å². The normalized spacial score (nSPS) is 14.3. The number of hydrogen-bond acceptors (Lipinski definition) is 6. The maximum Gasteiger partial charge on any atom is 0.256 e. The lowest BCUT2D eigenvalue weighted by Gasteiger charge is -2.26. The van der Waals surface area contributed by atoms with E-state index in [0.717, 1.165) is 11.1 Å². The summed E-state index contributed by atoms with van der Waals surface area (Å²) in [6.07, 6.45) is 0. The Balaban J connectivity index is 1.69. The third kappa shape index (κ3) is 5.87. The molecule has 0 unspecified atom stereocenters. The van der Waals surface area contributed by atoms with Crippen LogP contribution in [0.15, 0.2) is 65.6 Å². The Kier molecular flexibility index (Phi) is 7.93. The Labute approximate surface area is 211 Å². The smallest absolute Gasteiger partial charge is 0.256 e. The molecule has 4 rings (SSSR count). The summed E-state index contributed by atoms with van der Waals surface area (Å²) < 4.78 is 44.7. The van der Waals surface area contributed by atoms with Gasteiger partial charge in [0.25, 0.3) is 5.91 Å². The zero-order valence-corrected chi connectivity index (χ0v) is 21.4. The first-order valence-corrected chi connectivity index (χ1v) is 13.2. The van der Waals surface area contributed by atoms with Crippen LogP contribution in [0.1, 0.15) is 28.4 Å². The molecule has 190 valence electrons. The first kappa shape index (κ1) is 25.7. The molecule has 0 aliphatic carbocycles. The van der Waals surface area contributed by atoms with Crippen LogP contribution < -0.4 is 14.8 Å². The highest BCUT2D eigenvalue weighted by Gasteiger charge is 2.27. The van der Waals surface area contributed by atoms with Crippen molar-refractivity contribution in [1.82, 2.24) is 4.31 Å². The zero-order valence-electron chi connectivity index (χ0n) is 20.6. The molecule has 0 saturated carbocycles. The van der Waals surface area contributed by atoms with E-state index in [2.05, 4.69) is 5.32 Å². The third-order valence-corrected chi connectivity index (χ3v) is 7.70. The van der Waals surface area contributed by atoms with Gasteiger partial charge >= 0.3 is 0 Å². The summed E-state index contributed by atoms with van der Waals surface area (Å²) in [6.45, 7) is 7.45. The van der Waals surface area contributed by atoms with E-state index in [1.807, 2.05) is 32.9 Å². The van der Waals surface area contributed by atoms with Crippen molar-refractivity contribution >= 4 is 21.6 Å². The highest BCUT2D eigenvalue weighted by Crippen LogP contribution is 2.34. The van der Waals surface area contributed by atoms with Crippen molar-refractivity contribution in [3.05, 3.63) is 77.4 Å². The summed E-state index contributed by atoms with van der Waals surface area (Å²) in [5.41, 5.74) is 2.51. The van der Waals surface area contributed by atoms with Crippen molar-refractivity contribution in [2.24, 2.45) is 0 Å². The fourth-order valence-electron chi connectivity index (χ4n) is 3.86. The first-order valence-electron chi connectivity index (χ1n) is 11.8. The average molecular weight is 511 g/mol. The van der Waals surface area contributed by atoms with Gasteiger partial charge in [-0.3, -0.25) is 4.79 Å². The lowest BCUT2D eigenvalue weighted by molar-refractivity contribution is 0.0730. The number of amides is 1. The lowest BCUT2D eigenvalue weighted by atomic mass is 10.0. The molecule has 0 radical (unpaired) electrons. The molecule has 1 aliphatic rings. The predicted molar refractivity (Wildman–Crippen MR) is 138 cm³/mol. The van der Waals surface area contributed by atoms with Crippen LogP contribution in [0.5, 0.6) is 17.2 Å². The Bertz CT molecular complexity index is 1330. The van der Waals surface area contributed by atoms with Crippen LogP contribution in [-0.4, -0.2) is 51.5 Å². The average Bonchev–Trinajstić information content (AvgIpc) is 2.88. The fraction of sp³-hybridized carbons (Fsp3) is 0.296. The van der Waals surface area contributed by atoms with Crippen LogP contribution in [0.4, 0.5) is 5.69 Å². The minimum Gasteiger partial charge on any atom is -0.494 e. The van der Waals surface area contributed by atoms with Crippen molar-refractivity contribution < 1.29 is 27.4 Å². The molecule has 3 aromatic carbocycles. The van der Waals surface area contributed by atoms with Gasteiger partial charge in [0.05, 0.1) is 30.4 Å². The number of anilines is 1. The summed E-state index contributed by atoms with van der Waals surface area (Å²) in [4.78, 5) is 13.3. The second-order valence-corrected chi connectivity index (χ2v) is 10.4. The summed E-state index contributed by atoms with van der Waals surface area (Å²) in [5, 5.41) is 2.87. The molecule has 3 aromatic rings. The molecule has 0 bridgehead atoms. The van der Waals surface area contributed by atoms with E-state index in [1.165, 1.54) is 16.4 Å². The number of morpholine rings is 1. The van der Waals surface area contributed by atoms with E-state index in [9.17, 15) is 13.2 Å². The van der Waals surface area contributed by atoms with Crippen LogP contribution in [0, 0.1) is 13.8 Å². The van der Waals surface area contributed by atoms with Gasteiger partial charge in [-0.25, -0.2) is 8.42 Å². The standard InChI is InChI=1S/C27H30N2O6S/c1-4-34-21-7-9-22(10-8-21)35-26-12-11-23(36(31,32)29-13-15-33-16-14-29)18-25(26)28-27(30)24-17-19(2)5-6-20(24)3/h5-12,17-18H,4,13-16H2,1-3H3,(H,28,30). The number of ether oxygens (including phenoxy) is 3. The number of hydrogen-bond donors (Lipinski definition) is 1. The number of carbonyl (C=O) groups is 1. The minimum absolute atomic E-state index is 0.0692. The number of nitrogens with one attached hydrogen (secondary N) is 1. The Morgan fingerprint density at radius 1 is 0.972 bits per heavy atom. The molecule has 9 heteroatoms. The van der Waals surface area contributed by atoms with E-state index in [4.69, 9.17) is 14.2 Å². The molecular formula is C27H30N2O6S. The van der Waals surface area contributed by atoms with E-state index in [0.29, 0.717) is 42.6 Å². The maximum atomic E-state index is 13.3. The number of aryl methyl sites for hydroxylation is 2.